The van der Waals surface area contributed by atoms with Gasteiger partial charge in [-0.15, -0.1) is 0 Å². The Morgan fingerprint density at radius 1 is 1.40 bits per heavy atom. The number of aryl methyl sites for hydroxylation is 1. The average molecular weight is 271 g/mol. The van der Waals surface area contributed by atoms with Crippen LogP contribution in [0.1, 0.15) is 18.1 Å². The van der Waals surface area contributed by atoms with Crippen molar-refractivity contribution < 1.29 is 4.74 Å². The lowest BCUT2D eigenvalue weighted by Crippen LogP contribution is -2.14. The van der Waals surface area contributed by atoms with Crippen molar-refractivity contribution in [3.05, 3.63) is 35.4 Å². The number of alkyl halides is 1. The van der Waals surface area contributed by atoms with Crippen LogP contribution in [0.25, 0.3) is 0 Å². The monoisotopic (exact) mass is 270 g/mol. The molecule has 0 fully saturated rings. The Bertz CT molecular complexity index is 286. The summed E-state index contributed by atoms with van der Waals surface area (Å²) in [7, 11) is 0. The van der Waals surface area contributed by atoms with Gasteiger partial charge in [0.25, 0.3) is 0 Å². The number of benzene rings is 1. The summed E-state index contributed by atoms with van der Waals surface area (Å²) in [4.78, 5) is 0. The fourth-order valence-corrected chi connectivity index (χ4v) is 2.03. The van der Waals surface area contributed by atoms with Gasteiger partial charge in [-0.2, -0.15) is 0 Å². The summed E-state index contributed by atoms with van der Waals surface area (Å²) in [5.74, 6) is 0.576. The van der Waals surface area contributed by atoms with Crippen LogP contribution in [0.2, 0.25) is 0 Å². The van der Waals surface area contributed by atoms with E-state index in [0.29, 0.717) is 5.92 Å². The first kappa shape index (κ1) is 12.7. The lowest BCUT2D eigenvalue weighted by Gasteiger charge is -2.14. The fourth-order valence-electron chi connectivity index (χ4n) is 1.61. The Labute approximate surface area is 101 Å². The zero-order valence-corrected chi connectivity index (χ0v) is 11.1. The second kappa shape index (κ2) is 7.02. The lowest BCUT2D eigenvalue weighted by atomic mass is 10.0. The summed E-state index contributed by atoms with van der Waals surface area (Å²) in [5.41, 5.74) is 2.73. The summed E-state index contributed by atoms with van der Waals surface area (Å²) in [5, 5.41) is 1.00. The molecule has 0 N–H and O–H groups in total. The molecule has 0 saturated carbocycles. The molecule has 1 nitrogen and oxygen atoms in total. The third kappa shape index (κ3) is 4.80. The highest BCUT2D eigenvalue weighted by Gasteiger charge is 2.08. The average Bonchev–Trinajstić information content (AvgIpc) is 2.24. The van der Waals surface area contributed by atoms with E-state index in [1.807, 2.05) is 6.92 Å². The van der Waals surface area contributed by atoms with Crippen LogP contribution in [0.4, 0.5) is 0 Å². The Morgan fingerprint density at radius 2 is 2.20 bits per heavy atom. The Balaban J connectivity index is 2.50. The van der Waals surface area contributed by atoms with Gasteiger partial charge in [0, 0.05) is 11.9 Å². The van der Waals surface area contributed by atoms with Gasteiger partial charge < -0.3 is 4.74 Å². The highest BCUT2D eigenvalue weighted by Crippen LogP contribution is 2.13. The van der Waals surface area contributed by atoms with E-state index in [-0.39, 0.29) is 0 Å². The minimum Gasteiger partial charge on any atom is -0.381 e. The van der Waals surface area contributed by atoms with Gasteiger partial charge in [-0.1, -0.05) is 45.8 Å². The molecule has 0 heterocycles. The molecule has 0 amide bonds. The summed E-state index contributed by atoms with van der Waals surface area (Å²) in [6.07, 6.45) is 1.09. The number of halogens is 1. The molecule has 0 radical (unpaired) electrons. The van der Waals surface area contributed by atoms with Gasteiger partial charge in [0.1, 0.15) is 0 Å². The van der Waals surface area contributed by atoms with Crippen LogP contribution < -0.4 is 0 Å². The normalized spacial score (nSPS) is 12.7. The number of ether oxygens (including phenoxy) is 1. The zero-order valence-electron chi connectivity index (χ0n) is 9.50. The van der Waals surface area contributed by atoms with E-state index in [9.17, 15) is 0 Å². The third-order valence-corrected chi connectivity index (χ3v) is 3.30. The number of hydrogen-bond acceptors (Lipinski definition) is 1. The maximum atomic E-state index is 5.46. The molecule has 1 aromatic carbocycles. The quantitative estimate of drug-likeness (QED) is 0.718. The van der Waals surface area contributed by atoms with Crippen molar-refractivity contribution in [2.45, 2.75) is 20.3 Å². The topological polar surface area (TPSA) is 9.23 Å². The standard InChI is InChI=1S/C13H19BrO/c1-3-15-10-13(9-14)8-12-6-4-5-11(2)7-12/h4-7,13H,3,8-10H2,1-2H3. The van der Waals surface area contributed by atoms with Gasteiger partial charge in [0.2, 0.25) is 0 Å². The molecule has 0 bridgehead atoms. The third-order valence-electron chi connectivity index (χ3n) is 2.38. The minimum absolute atomic E-state index is 0.576. The van der Waals surface area contributed by atoms with Gasteiger partial charge in [0.15, 0.2) is 0 Å². The van der Waals surface area contributed by atoms with Crippen molar-refractivity contribution in [2.75, 3.05) is 18.5 Å². The molecule has 0 aromatic heterocycles. The maximum absolute atomic E-state index is 5.46. The first-order valence-corrected chi connectivity index (χ1v) is 6.57. The summed E-state index contributed by atoms with van der Waals surface area (Å²) >= 11 is 3.54. The van der Waals surface area contributed by atoms with Crippen LogP contribution in [0.3, 0.4) is 0 Å². The SMILES string of the molecule is CCOCC(CBr)Cc1cccc(C)c1. The Morgan fingerprint density at radius 3 is 2.80 bits per heavy atom. The van der Waals surface area contributed by atoms with Crippen molar-refractivity contribution in [1.82, 2.24) is 0 Å². The predicted molar refractivity (Wildman–Crippen MR) is 68.7 cm³/mol. The Hall–Kier alpha value is -0.340. The van der Waals surface area contributed by atoms with Gasteiger partial charge in [-0.3, -0.25) is 0 Å². The highest BCUT2D eigenvalue weighted by molar-refractivity contribution is 9.09. The van der Waals surface area contributed by atoms with Crippen LogP contribution >= 0.6 is 15.9 Å². The summed E-state index contributed by atoms with van der Waals surface area (Å²) in [6, 6.07) is 8.70. The summed E-state index contributed by atoms with van der Waals surface area (Å²) < 4.78 is 5.46. The van der Waals surface area contributed by atoms with E-state index >= 15 is 0 Å². The first-order chi connectivity index (χ1) is 7.26. The molecule has 0 saturated heterocycles. The van der Waals surface area contributed by atoms with Crippen molar-refractivity contribution in [3.63, 3.8) is 0 Å². The first-order valence-electron chi connectivity index (χ1n) is 5.45. The maximum Gasteiger partial charge on any atom is 0.0505 e. The van der Waals surface area contributed by atoms with Crippen molar-refractivity contribution >= 4 is 15.9 Å². The van der Waals surface area contributed by atoms with Gasteiger partial charge in [-0.25, -0.2) is 0 Å². The van der Waals surface area contributed by atoms with Crippen LogP contribution in [-0.4, -0.2) is 18.5 Å². The second-order valence-corrected chi connectivity index (χ2v) is 4.52. The molecule has 15 heavy (non-hydrogen) atoms. The summed E-state index contributed by atoms with van der Waals surface area (Å²) in [6.45, 7) is 5.82. The molecular weight excluding hydrogens is 252 g/mol. The van der Waals surface area contributed by atoms with Crippen LogP contribution in [0.15, 0.2) is 24.3 Å². The zero-order chi connectivity index (χ0) is 11.1. The van der Waals surface area contributed by atoms with E-state index in [4.69, 9.17) is 4.74 Å². The van der Waals surface area contributed by atoms with Crippen LogP contribution in [0, 0.1) is 12.8 Å². The second-order valence-electron chi connectivity index (χ2n) is 3.87. The largest absolute Gasteiger partial charge is 0.381 e. The highest BCUT2D eigenvalue weighted by atomic mass is 79.9. The smallest absolute Gasteiger partial charge is 0.0505 e. The molecular formula is C13H19BrO. The molecule has 1 unspecified atom stereocenters. The van der Waals surface area contributed by atoms with Gasteiger partial charge in [-0.05, 0) is 31.7 Å². The van der Waals surface area contributed by atoms with E-state index in [0.717, 1.165) is 25.0 Å². The molecule has 0 aliphatic heterocycles. The van der Waals surface area contributed by atoms with Crippen molar-refractivity contribution in [2.24, 2.45) is 5.92 Å². The van der Waals surface area contributed by atoms with E-state index in [1.54, 1.807) is 0 Å². The lowest BCUT2D eigenvalue weighted by molar-refractivity contribution is 0.118. The van der Waals surface area contributed by atoms with Gasteiger partial charge in [0.05, 0.1) is 6.61 Å². The molecule has 0 spiro atoms. The number of rotatable bonds is 6. The molecule has 1 rings (SSSR count). The fraction of sp³-hybridized carbons (Fsp3) is 0.538. The minimum atomic E-state index is 0.576. The number of hydrogen-bond donors (Lipinski definition) is 0. The molecule has 1 aromatic rings. The van der Waals surface area contributed by atoms with E-state index in [2.05, 4.69) is 47.1 Å². The predicted octanol–water partition coefficient (Wildman–Crippen LogP) is 3.59. The van der Waals surface area contributed by atoms with Crippen LogP contribution in [0.5, 0.6) is 0 Å². The Kier molecular flexibility index (Phi) is 5.96. The van der Waals surface area contributed by atoms with Gasteiger partial charge >= 0.3 is 0 Å². The molecule has 0 aliphatic carbocycles. The van der Waals surface area contributed by atoms with Crippen molar-refractivity contribution in [3.8, 4) is 0 Å². The van der Waals surface area contributed by atoms with E-state index in [1.165, 1.54) is 11.1 Å². The molecule has 1 atom stereocenters. The molecule has 84 valence electrons. The molecule has 0 aliphatic rings. The van der Waals surface area contributed by atoms with Crippen molar-refractivity contribution in [1.29, 1.82) is 0 Å². The van der Waals surface area contributed by atoms with Crippen LogP contribution in [-0.2, 0) is 11.2 Å². The molecule has 2 heteroatoms. The van der Waals surface area contributed by atoms with E-state index < -0.39 is 0 Å².